The Morgan fingerprint density at radius 2 is 1.95 bits per heavy atom. The summed E-state index contributed by atoms with van der Waals surface area (Å²) in [6.45, 7) is 3.07. The zero-order chi connectivity index (χ0) is 27.7. The second kappa shape index (κ2) is 9.33. The molecule has 4 saturated heterocycles. The molecule has 4 aliphatic rings. The number of fused-ring (bicyclic) bond motifs is 5. The first-order valence-electron chi connectivity index (χ1n) is 14.4. The average Bonchev–Trinajstić information content (AvgIpc) is 3.75. The number of nitrogens with zero attached hydrogens (tertiary/aromatic N) is 6. The smallest absolute Gasteiger partial charge is 0.319 e. The molecule has 4 aliphatic heterocycles. The summed E-state index contributed by atoms with van der Waals surface area (Å²) in [4.78, 5) is 13.9. The van der Waals surface area contributed by atoms with E-state index >= 15 is 4.39 Å². The maximum Gasteiger partial charge on any atom is 0.319 e. The number of nitrogens with one attached hydrogen (secondary N) is 2. The van der Waals surface area contributed by atoms with Gasteiger partial charge in [0.1, 0.15) is 24.1 Å². The first-order chi connectivity index (χ1) is 20.0. The van der Waals surface area contributed by atoms with E-state index in [9.17, 15) is 9.65 Å². The van der Waals surface area contributed by atoms with Gasteiger partial charge in [-0.25, -0.2) is 8.78 Å². The molecule has 2 aromatic carbocycles. The Morgan fingerprint density at radius 1 is 1.10 bits per heavy atom. The van der Waals surface area contributed by atoms with Crippen molar-refractivity contribution in [1.29, 1.82) is 5.26 Å². The largest absolute Gasteiger partial charge is 0.461 e. The number of hydrogen-bond acceptors (Lipinski definition) is 8. The van der Waals surface area contributed by atoms with Crippen LogP contribution in [0.15, 0.2) is 30.5 Å². The zero-order valence-electron chi connectivity index (χ0n) is 22.5. The topological polar surface area (TPSA) is 106 Å². The second-order valence-corrected chi connectivity index (χ2v) is 12.0. The number of ether oxygens (including phenoxy) is 1. The zero-order valence-corrected chi connectivity index (χ0v) is 22.5. The summed E-state index contributed by atoms with van der Waals surface area (Å²) in [6, 6.07) is 10.0. The fourth-order valence-corrected chi connectivity index (χ4v) is 7.64. The summed E-state index contributed by atoms with van der Waals surface area (Å²) in [5, 5.41) is 21.8. The number of anilines is 1. The van der Waals surface area contributed by atoms with Gasteiger partial charge in [-0.15, -0.1) is 0 Å². The van der Waals surface area contributed by atoms with Gasteiger partial charge in [0.05, 0.1) is 28.9 Å². The van der Waals surface area contributed by atoms with Gasteiger partial charge in [0, 0.05) is 60.0 Å². The molecule has 2 unspecified atom stereocenters. The molecule has 4 fully saturated rings. The van der Waals surface area contributed by atoms with E-state index in [4.69, 9.17) is 9.72 Å². The van der Waals surface area contributed by atoms with Gasteiger partial charge in [-0.2, -0.15) is 20.3 Å². The Morgan fingerprint density at radius 3 is 2.78 bits per heavy atom. The molecular formula is C30H30F2N8O. The lowest BCUT2D eigenvalue weighted by Gasteiger charge is -2.34. The van der Waals surface area contributed by atoms with Gasteiger partial charge in [0.15, 0.2) is 5.82 Å². The van der Waals surface area contributed by atoms with Crippen molar-refractivity contribution in [2.45, 2.75) is 55.9 Å². The lowest BCUT2D eigenvalue weighted by atomic mass is 9.95. The van der Waals surface area contributed by atoms with Gasteiger partial charge in [-0.1, -0.05) is 6.07 Å². The summed E-state index contributed by atoms with van der Waals surface area (Å²) >= 11 is 0. The maximum absolute atomic E-state index is 16.6. The summed E-state index contributed by atoms with van der Waals surface area (Å²) in [7, 11) is 0. The molecule has 9 nitrogen and oxygen atoms in total. The van der Waals surface area contributed by atoms with Crippen molar-refractivity contribution in [3.8, 4) is 23.2 Å². The van der Waals surface area contributed by atoms with E-state index in [-0.39, 0.29) is 29.2 Å². The Labute approximate surface area is 235 Å². The molecule has 4 aromatic rings. The Kier molecular flexibility index (Phi) is 5.66. The van der Waals surface area contributed by atoms with Crippen LogP contribution in [0.25, 0.3) is 32.9 Å². The molecule has 210 valence electrons. The van der Waals surface area contributed by atoms with Crippen LogP contribution < -0.4 is 15.0 Å². The second-order valence-electron chi connectivity index (χ2n) is 12.0. The molecule has 0 radical (unpaired) electrons. The number of piperazine rings is 1. The number of nitriles is 1. The number of alkyl halides is 1. The third kappa shape index (κ3) is 3.95. The Hall–Kier alpha value is -3.88. The molecule has 0 saturated carbocycles. The van der Waals surface area contributed by atoms with Gasteiger partial charge in [-0.05, 0) is 50.4 Å². The Bertz CT molecular complexity index is 1710. The average molecular weight is 557 g/mol. The van der Waals surface area contributed by atoms with Gasteiger partial charge in [0.2, 0.25) is 0 Å². The Balaban J connectivity index is 1.26. The fourth-order valence-electron chi connectivity index (χ4n) is 7.64. The SMILES string of the molecule is N#Cc1ccc2[nH]ncc2c1-c1ccc2c(N3CC4CCC(C3)N4)nc(OC[C@@]34CCCN3C[C@H](F)C4)nc2c1F. The first-order valence-corrected chi connectivity index (χ1v) is 14.4. The van der Waals surface area contributed by atoms with Crippen LogP contribution in [-0.4, -0.2) is 81.6 Å². The van der Waals surface area contributed by atoms with Crippen LogP contribution in [0.5, 0.6) is 6.01 Å². The highest BCUT2D eigenvalue weighted by atomic mass is 19.1. The third-order valence-electron chi connectivity index (χ3n) is 9.53. The molecule has 2 bridgehead atoms. The standard InChI is InChI=1S/C30H30F2N8O/c31-18-10-30(8-1-9-40(30)13-18)16-41-29-36-27-22(28(37-29)39-14-19-3-4-20(15-39)35-19)6-5-21(26(27)32)25-17(11-33)2-7-24-23(25)12-34-38-24/h2,5-7,12,18-20,35H,1,3-4,8-10,13-16H2,(H,34,38)/t18-,19?,20?,30+/m1/s1. The molecule has 0 amide bonds. The van der Waals surface area contributed by atoms with E-state index in [1.54, 1.807) is 24.4 Å². The van der Waals surface area contributed by atoms with Crippen LogP contribution >= 0.6 is 0 Å². The summed E-state index contributed by atoms with van der Waals surface area (Å²) in [6.07, 6.45) is 5.22. The van der Waals surface area contributed by atoms with Crippen molar-refractivity contribution in [1.82, 2.24) is 30.4 Å². The third-order valence-corrected chi connectivity index (χ3v) is 9.53. The molecule has 11 heteroatoms. The van der Waals surface area contributed by atoms with E-state index in [0.29, 0.717) is 58.3 Å². The number of benzene rings is 2. The van der Waals surface area contributed by atoms with Crippen LogP contribution in [0.4, 0.5) is 14.6 Å². The van der Waals surface area contributed by atoms with E-state index < -0.39 is 12.0 Å². The highest BCUT2D eigenvalue weighted by Crippen LogP contribution is 2.42. The van der Waals surface area contributed by atoms with Crippen molar-refractivity contribution in [3.63, 3.8) is 0 Å². The lowest BCUT2D eigenvalue weighted by molar-refractivity contribution is 0.107. The fraction of sp³-hybridized carbons (Fsp3) is 0.467. The van der Waals surface area contributed by atoms with Crippen molar-refractivity contribution in [2.24, 2.45) is 0 Å². The van der Waals surface area contributed by atoms with Crippen LogP contribution in [-0.2, 0) is 0 Å². The molecule has 2 N–H and O–H groups in total. The minimum atomic E-state index is -0.872. The highest BCUT2D eigenvalue weighted by molar-refractivity contribution is 6.01. The number of rotatable bonds is 5. The van der Waals surface area contributed by atoms with E-state index in [0.717, 1.165) is 45.3 Å². The number of halogens is 2. The van der Waals surface area contributed by atoms with Crippen molar-refractivity contribution >= 4 is 27.6 Å². The van der Waals surface area contributed by atoms with E-state index in [2.05, 4.69) is 36.4 Å². The normalized spacial score (nSPS) is 27.5. The molecule has 0 aliphatic carbocycles. The predicted octanol–water partition coefficient (Wildman–Crippen LogP) is 4.08. The molecule has 0 spiro atoms. The van der Waals surface area contributed by atoms with Crippen molar-refractivity contribution in [2.75, 3.05) is 37.7 Å². The number of aromatic nitrogens is 4. The number of hydrogen-bond donors (Lipinski definition) is 2. The van der Waals surface area contributed by atoms with Crippen LogP contribution in [0.1, 0.15) is 37.7 Å². The van der Waals surface area contributed by atoms with Gasteiger partial charge >= 0.3 is 6.01 Å². The summed E-state index contributed by atoms with van der Waals surface area (Å²) in [5.74, 6) is 0.107. The molecule has 41 heavy (non-hydrogen) atoms. The van der Waals surface area contributed by atoms with Gasteiger partial charge in [-0.3, -0.25) is 10.00 Å². The lowest BCUT2D eigenvalue weighted by Crippen LogP contribution is -2.51. The van der Waals surface area contributed by atoms with Gasteiger partial charge < -0.3 is 15.0 Å². The van der Waals surface area contributed by atoms with E-state index in [1.165, 1.54) is 0 Å². The minimum absolute atomic E-state index is 0.0972. The first kappa shape index (κ1) is 24.9. The summed E-state index contributed by atoms with van der Waals surface area (Å²) < 4.78 is 37.3. The molecular weight excluding hydrogens is 526 g/mol. The van der Waals surface area contributed by atoms with Crippen LogP contribution in [0.3, 0.4) is 0 Å². The minimum Gasteiger partial charge on any atom is -0.461 e. The van der Waals surface area contributed by atoms with Crippen LogP contribution in [0.2, 0.25) is 0 Å². The number of aromatic amines is 1. The van der Waals surface area contributed by atoms with Crippen LogP contribution in [0, 0.1) is 17.1 Å². The predicted molar refractivity (Wildman–Crippen MR) is 150 cm³/mol. The quantitative estimate of drug-likeness (QED) is 0.379. The van der Waals surface area contributed by atoms with Crippen molar-refractivity contribution in [3.05, 3.63) is 41.8 Å². The number of H-pyrrole nitrogens is 1. The maximum atomic E-state index is 16.6. The highest BCUT2D eigenvalue weighted by Gasteiger charge is 2.49. The van der Waals surface area contributed by atoms with Gasteiger partial charge in [0.25, 0.3) is 0 Å². The molecule has 4 atom stereocenters. The molecule has 2 aromatic heterocycles. The molecule has 8 rings (SSSR count). The monoisotopic (exact) mass is 556 g/mol. The van der Waals surface area contributed by atoms with E-state index in [1.807, 2.05) is 6.07 Å². The van der Waals surface area contributed by atoms with Crippen molar-refractivity contribution < 1.29 is 13.5 Å². The summed E-state index contributed by atoms with van der Waals surface area (Å²) in [5.41, 5.74) is 1.59. The molecule has 6 heterocycles.